The summed E-state index contributed by atoms with van der Waals surface area (Å²) in [7, 11) is 0. The average molecular weight is 337 g/mol. The molecule has 1 unspecified atom stereocenters. The van der Waals surface area contributed by atoms with Crippen LogP contribution in [0.4, 0.5) is 4.39 Å². The van der Waals surface area contributed by atoms with Crippen molar-refractivity contribution in [3.63, 3.8) is 0 Å². The summed E-state index contributed by atoms with van der Waals surface area (Å²) >= 11 is 9.05. The van der Waals surface area contributed by atoms with E-state index in [1.165, 1.54) is 19.3 Å². The molecular formula is C14H20BrClFN. The van der Waals surface area contributed by atoms with E-state index in [9.17, 15) is 4.39 Å². The Kier molecular flexibility index (Phi) is 7.20. The summed E-state index contributed by atoms with van der Waals surface area (Å²) in [5, 5.41) is 0.119. The fourth-order valence-corrected chi connectivity index (χ4v) is 2.43. The molecule has 1 atom stereocenters. The number of rotatable bonds is 7. The molecule has 0 saturated carbocycles. The molecule has 0 aliphatic rings. The smallest absolute Gasteiger partial charge is 0.147 e. The van der Waals surface area contributed by atoms with Crippen molar-refractivity contribution in [2.75, 3.05) is 0 Å². The predicted octanol–water partition coefficient (Wildman–Crippen LogP) is 5.60. The molecule has 18 heavy (non-hydrogen) atoms. The molecule has 0 spiro atoms. The number of nitrogens with two attached hydrogens (primary N) is 1. The first-order valence-electron chi connectivity index (χ1n) is 6.46. The minimum absolute atomic E-state index is 0.119. The van der Waals surface area contributed by atoms with E-state index < -0.39 is 5.82 Å². The molecule has 4 heteroatoms. The van der Waals surface area contributed by atoms with E-state index in [2.05, 4.69) is 22.9 Å². The SMILES string of the molecule is CCCCCCCC(N)c1ccc(Br)c(Cl)c1F. The van der Waals surface area contributed by atoms with Gasteiger partial charge in [0.15, 0.2) is 0 Å². The fourth-order valence-electron chi connectivity index (χ4n) is 1.95. The standard InChI is InChI=1S/C14H20BrClFN/c1-2-3-4-5-6-7-12(18)10-8-9-11(15)13(16)14(10)17/h8-9,12H,2-7,18H2,1H3. The van der Waals surface area contributed by atoms with Gasteiger partial charge in [-0.05, 0) is 28.4 Å². The topological polar surface area (TPSA) is 26.0 Å². The van der Waals surface area contributed by atoms with Gasteiger partial charge in [0.25, 0.3) is 0 Å². The maximum Gasteiger partial charge on any atom is 0.147 e. The van der Waals surface area contributed by atoms with Crippen LogP contribution in [0.25, 0.3) is 0 Å². The van der Waals surface area contributed by atoms with Crippen molar-refractivity contribution >= 4 is 27.5 Å². The van der Waals surface area contributed by atoms with Gasteiger partial charge in [-0.15, -0.1) is 0 Å². The van der Waals surface area contributed by atoms with Crippen LogP contribution in [0.5, 0.6) is 0 Å². The van der Waals surface area contributed by atoms with Gasteiger partial charge in [-0.3, -0.25) is 0 Å². The third-order valence-electron chi connectivity index (χ3n) is 3.08. The van der Waals surface area contributed by atoms with Crippen LogP contribution in [0.3, 0.4) is 0 Å². The second-order valence-corrected chi connectivity index (χ2v) is 5.81. The van der Waals surface area contributed by atoms with Crippen molar-refractivity contribution in [3.8, 4) is 0 Å². The van der Waals surface area contributed by atoms with Crippen LogP contribution in [0.2, 0.25) is 5.02 Å². The van der Waals surface area contributed by atoms with Gasteiger partial charge in [0, 0.05) is 16.1 Å². The molecule has 2 N–H and O–H groups in total. The lowest BCUT2D eigenvalue weighted by atomic mass is 10.00. The van der Waals surface area contributed by atoms with E-state index in [4.69, 9.17) is 17.3 Å². The summed E-state index contributed by atoms with van der Waals surface area (Å²) in [5.41, 5.74) is 6.53. The van der Waals surface area contributed by atoms with Crippen molar-refractivity contribution < 1.29 is 4.39 Å². The Morgan fingerprint density at radius 2 is 1.94 bits per heavy atom. The lowest BCUT2D eigenvalue weighted by Gasteiger charge is -2.14. The Balaban J connectivity index is 2.51. The molecule has 1 aromatic rings. The van der Waals surface area contributed by atoms with E-state index >= 15 is 0 Å². The first-order chi connectivity index (χ1) is 8.57. The van der Waals surface area contributed by atoms with Gasteiger partial charge in [0.2, 0.25) is 0 Å². The van der Waals surface area contributed by atoms with E-state index in [1.807, 2.05) is 0 Å². The molecule has 0 bridgehead atoms. The Labute approximate surface area is 122 Å². The summed E-state index contributed by atoms with van der Waals surface area (Å²) in [5.74, 6) is -0.396. The van der Waals surface area contributed by atoms with Crippen LogP contribution in [0.15, 0.2) is 16.6 Å². The van der Waals surface area contributed by atoms with Crippen LogP contribution in [0, 0.1) is 5.82 Å². The van der Waals surface area contributed by atoms with Crippen molar-refractivity contribution in [2.45, 2.75) is 51.5 Å². The molecule has 0 aliphatic carbocycles. The van der Waals surface area contributed by atoms with Crippen LogP contribution in [0.1, 0.15) is 57.1 Å². The summed E-state index contributed by atoms with van der Waals surface area (Å²) < 4.78 is 14.5. The van der Waals surface area contributed by atoms with Crippen LogP contribution < -0.4 is 5.73 Å². The molecule has 0 fully saturated rings. The highest BCUT2D eigenvalue weighted by molar-refractivity contribution is 9.10. The first-order valence-corrected chi connectivity index (χ1v) is 7.64. The zero-order valence-corrected chi connectivity index (χ0v) is 13.0. The van der Waals surface area contributed by atoms with E-state index in [0.29, 0.717) is 10.0 Å². The van der Waals surface area contributed by atoms with Crippen LogP contribution in [-0.2, 0) is 0 Å². The number of hydrogen-bond acceptors (Lipinski definition) is 1. The Morgan fingerprint density at radius 3 is 2.61 bits per heavy atom. The molecular weight excluding hydrogens is 317 g/mol. The summed E-state index contributed by atoms with van der Waals surface area (Å²) in [6, 6.07) is 3.19. The Bertz CT molecular complexity index is 384. The monoisotopic (exact) mass is 335 g/mol. The molecule has 1 nitrogen and oxygen atoms in total. The van der Waals surface area contributed by atoms with E-state index in [1.54, 1.807) is 12.1 Å². The second kappa shape index (κ2) is 8.13. The maximum atomic E-state index is 13.9. The molecule has 0 heterocycles. The first kappa shape index (κ1) is 15.9. The second-order valence-electron chi connectivity index (χ2n) is 4.57. The summed E-state index contributed by atoms with van der Waals surface area (Å²) in [4.78, 5) is 0. The van der Waals surface area contributed by atoms with Gasteiger partial charge >= 0.3 is 0 Å². The Morgan fingerprint density at radius 1 is 1.28 bits per heavy atom. The lowest BCUT2D eigenvalue weighted by molar-refractivity contribution is 0.527. The highest BCUT2D eigenvalue weighted by Gasteiger charge is 2.15. The van der Waals surface area contributed by atoms with Crippen LogP contribution >= 0.6 is 27.5 Å². The maximum absolute atomic E-state index is 13.9. The minimum Gasteiger partial charge on any atom is -0.324 e. The van der Waals surface area contributed by atoms with Crippen molar-refractivity contribution in [2.24, 2.45) is 5.73 Å². The molecule has 0 saturated heterocycles. The molecule has 102 valence electrons. The van der Waals surface area contributed by atoms with Gasteiger partial charge < -0.3 is 5.73 Å². The fraction of sp³-hybridized carbons (Fsp3) is 0.571. The van der Waals surface area contributed by atoms with Gasteiger partial charge in [-0.25, -0.2) is 4.39 Å². The van der Waals surface area contributed by atoms with Crippen molar-refractivity contribution in [3.05, 3.63) is 33.0 Å². The molecule has 0 amide bonds. The number of halogens is 3. The minimum atomic E-state index is -0.396. The molecule has 0 aliphatic heterocycles. The molecule has 1 aromatic carbocycles. The van der Waals surface area contributed by atoms with Gasteiger partial charge in [-0.2, -0.15) is 0 Å². The number of hydrogen-bond donors (Lipinski definition) is 1. The van der Waals surface area contributed by atoms with Crippen molar-refractivity contribution in [1.29, 1.82) is 0 Å². The highest BCUT2D eigenvalue weighted by Crippen LogP contribution is 2.31. The quantitative estimate of drug-likeness (QED) is 0.509. The molecule has 0 radical (unpaired) electrons. The normalized spacial score (nSPS) is 12.7. The average Bonchev–Trinajstić information content (AvgIpc) is 2.35. The van der Waals surface area contributed by atoms with Gasteiger partial charge in [0.05, 0.1) is 5.02 Å². The van der Waals surface area contributed by atoms with Crippen molar-refractivity contribution in [1.82, 2.24) is 0 Å². The number of unbranched alkanes of at least 4 members (excludes halogenated alkanes) is 4. The summed E-state index contributed by atoms with van der Waals surface area (Å²) in [6.45, 7) is 2.19. The zero-order chi connectivity index (χ0) is 13.5. The predicted molar refractivity (Wildman–Crippen MR) is 79.4 cm³/mol. The number of benzene rings is 1. The highest BCUT2D eigenvalue weighted by atomic mass is 79.9. The largest absolute Gasteiger partial charge is 0.324 e. The zero-order valence-electron chi connectivity index (χ0n) is 10.7. The summed E-state index contributed by atoms with van der Waals surface area (Å²) in [6.07, 6.45) is 6.71. The third kappa shape index (κ3) is 4.52. The van der Waals surface area contributed by atoms with E-state index in [0.717, 1.165) is 19.3 Å². The van der Waals surface area contributed by atoms with E-state index in [-0.39, 0.29) is 11.1 Å². The lowest BCUT2D eigenvalue weighted by Crippen LogP contribution is -2.12. The molecule has 0 aromatic heterocycles. The van der Waals surface area contributed by atoms with Crippen LogP contribution in [-0.4, -0.2) is 0 Å². The molecule has 1 rings (SSSR count). The van der Waals surface area contributed by atoms with Gasteiger partial charge in [0.1, 0.15) is 5.82 Å². The third-order valence-corrected chi connectivity index (χ3v) is 4.34. The van der Waals surface area contributed by atoms with Gasteiger partial charge in [-0.1, -0.05) is 56.7 Å². The Hall–Kier alpha value is -0.120.